The van der Waals surface area contributed by atoms with Crippen LogP contribution in [-0.4, -0.2) is 19.4 Å². The molecule has 3 nitrogen and oxygen atoms in total. The van der Waals surface area contributed by atoms with Crippen molar-refractivity contribution in [3.8, 4) is 11.8 Å². The minimum Gasteiger partial charge on any atom is -0.390 e. The summed E-state index contributed by atoms with van der Waals surface area (Å²) in [4.78, 5) is 4.22. The summed E-state index contributed by atoms with van der Waals surface area (Å²) in [5.74, 6) is 7.21. The zero-order chi connectivity index (χ0) is 13.6. The molecule has 1 aromatic rings. The third-order valence-electron chi connectivity index (χ3n) is 2.18. The number of hydrogen-bond donors (Lipinski definition) is 2. The van der Waals surface area contributed by atoms with Crippen molar-refractivity contribution in [2.45, 2.75) is 27.2 Å². The van der Waals surface area contributed by atoms with E-state index in [1.807, 2.05) is 11.4 Å². The van der Waals surface area contributed by atoms with Gasteiger partial charge < -0.3 is 11.1 Å². The number of hydrogen-bond acceptors (Lipinski definition) is 3. The highest BCUT2D eigenvalue weighted by atomic mass is 32.1. The van der Waals surface area contributed by atoms with Crippen molar-refractivity contribution in [2.75, 3.05) is 19.3 Å². The lowest BCUT2D eigenvalue weighted by atomic mass is 9.98. The Morgan fingerprint density at radius 1 is 1.50 bits per heavy atom. The van der Waals surface area contributed by atoms with Gasteiger partial charge in [0.2, 0.25) is 0 Å². The van der Waals surface area contributed by atoms with E-state index in [1.165, 1.54) is 11.3 Å². The van der Waals surface area contributed by atoms with E-state index >= 15 is 0 Å². The zero-order valence-corrected chi connectivity index (χ0v) is 12.3. The van der Waals surface area contributed by atoms with E-state index in [0.717, 1.165) is 29.4 Å². The molecule has 0 aliphatic carbocycles. The Kier molecular flexibility index (Phi) is 5.24. The largest absolute Gasteiger partial charge is 0.390 e. The number of anilines is 1. The lowest BCUT2D eigenvalue weighted by Gasteiger charge is -2.08. The minimum atomic E-state index is 0.0689. The third-order valence-corrected chi connectivity index (χ3v) is 2.93. The molecule has 98 valence electrons. The van der Waals surface area contributed by atoms with Gasteiger partial charge in [0, 0.05) is 25.4 Å². The summed E-state index contributed by atoms with van der Waals surface area (Å²) in [5, 5.41) is 6.04. The summed E-state index contributed by atoms with van der Waals surface area (Å²) in [6.07, 6.45) is 0.806. The summed E-state index contributed by atoms with van der Waals surface area (Å²) >= 11 is 1.52. The quantitative estimate of drug-likeness (QED) is 0.381. The molecule has 0 atom stereocenters. The highest BCUT2D eigenvalue weighted by Crippen LogP contribution is 2.18. The highest BCUT2D eigenvalue weighted by molar-refractivity contribution is 7.14. The van der Waals surface area contributed by atoms with Gasteiger partial charge in [-0.2, -0.15) is 0 Å². The maximum Gasteiger partial charge on any atom is 0.131 e. The Hall–Kier alpha value is -1.47. The topological polar surface area (TPSA) is 50.4 Å². The van der Waals surface area contributed by atoms with Crippen LogP contribution in [0.3, 0.4) is 0 Å². The van der Waals surface area contributed by atoms with Crippen LogP contribution >= 0.6 is 11.3 Å². The van der Waals surface area contributed by atoms with Gasteiger partial charge in [-0.05, 0) is 32.2 Å². The van der Waals surface area contributed by atoms with E-state index in [0.29, 0.717) is 0 Å². The summed E-state index contributed by atoms with van der Waals surface area (Å²) in [7, 11) is 1.76. The fourth-order valence-corrected chi connectivity index (χ4v) is 2.02. The fourth-order valence-electron chi connectivity index (χ4n) is 1.38. The summed E-state index contributed by atoms with van der Waals surface area (Å²) in [5.41, 5.74) is 6.92. The molecule has 1 rings (SSSR count). The molecule has 0 fully saturated rings. The summed E-state index contributed by atoms with van der Waals surface area (Å²) in [6.45, 7) is 7.11. The molecule has 0 aliphatic rings. The van der Waals surface area contributed by atoms with Crippen LogP contribution in [0.15, 0.2) is 16.4 Å². The van der Waals surface area contributed by atoms with Gasteiger partial charge in [0.25, 0.3) is 0 Å². The van der Waals surface area contributed by atoms with E-state index in [2.05, 4.69) is 42.9 Å². The molecule has 0 aliphatic heterocycles. The van der Waals surface area contributed by atoms with Crippen molar-refractivity contribution < 1.29 is 0 Å². The van der Waals surface area contributed by atoms with E-state index in [9.17, 15) is 0 Å². The van der Waals surface area contributed by atoms with Crippen LogP contribution in [0.4, 0.5) is 5.00 Å². The molecule has 0 saturated carbocycles. The smallest absolute Gasteiger partial charge is 0.131 e. The molecule has 0 spiro atoms. The Balaban J connectivity index is 2.48. The SMILES string of the molecule is CN=C(NCCC#CC(C)(C)C)c1ccsc1N. The lowest BCUT2D eigenvalue weighted by molar-refractivity contribution is 0.570. The second-order valence-corrected chi connectivity index (χ2v) is 5.95. The van der Waals surface area contributed by atoms with Crippen molar-refractivity contribution >= 4 is 22.2 Å². The van der Waals surface area contributed by atoms with E-state index in [1.54, 1.807) is 7.05 Å². The van der Waals surface area contributed by atoms with E-state index in [4.69, 9.17) is 5.73 Å². The Bertz CT molecular complexity index is 469. The van der Waals surface area contributed by atoms with Crippen LogP contribution in [-0.2, 0) is 0 Å². The second-order valence-electron chi connectivity index (χ2n) is 5.00. The molecule has 0 unspecified atom stereocenters. The highest BCUT2D eigenvalue weighted by Gasteiger charge is 2.07. The maximum absolute atomic E-state index is 5.87. The van der Waals surface area contributed by atoms with Crippen molar-refractivity contribution in [2.24, 2.45) is 10.4 Å². The van der Waals surface area contributed by atoms with Gasteiger partial charge in [-0.3, -0.25) is 4.99 Å². The predicted molar refractivity (Wildman–Crippen MR) is 81.0 cm³/mol. The number of nitrogens with one attached hydrogen (secondary N) is 1. The first kappa shape index (κ1) is 14.6. The molecular formula is C14H21N3S. The van der Waals surface area contributed by atoms with Gasteiger partial charge in [-0.25, -0.2) is 0 Å². The van der Waals surface area contributed by atoms with Gasteiger partial charge in [-0.1, -0.05) is 5.92 Å². The number of aliphatic imine (C=N–C) groups is 1. The zero-order valence-electron chi connectivity index (χ0n) is 11.5. The number of nitrogens with zero attached hydrogens (tertiary/aromatic N) is 1. The number of nitrogens with two attached hydrogens (primary N) is 1. The van der Waals surface area contributed by atoms with Crippen molar-refractivity contribution in [3.63, 3.8) is 0 Å². The van der Waals surface area contributed by atoms with E-state index < -0.39 is 0 Å². The fraction of sp³-hybridized carbons (Fsp3) is 0.500. The first-order valence-electron chi connectivity index (χ1n) is 5.98. The number of thiophene rings is 1. The minimum absolute atomic E-state index is 0.0689. The number of nitrogen functional groups attached to an aromatic ring is 1. The molecule has 3 N–H and O–H groups in total. The van der Waals surface area contributed by atoms with Gasteiger partial charge in [0.1, 0.15) is 5.84 Å². The lowest BCUT2D eigenvalue weighted by Crippen LogP contribution is -2.25. The van der Waals surface area contributed by atoms with Crippen LogP contribution in [0, 0.1) is 17.3 Å². The second kappa shape index (κ2) is 6.46. The Morgan fingerprint density at radius 3 is 2.72 bits per heavy atom. The van der Waals surface area contributed by atoms with Gasteiger partial charge in [0.15, 0.2) is 0 Å². The number of rotatable bonds is 3. The summed E-state index contributed by atoms with van der Waals surface area (Å²) < 4.78 is 0. The molecule has 18 heavy (non-hydrogen) atoms. The average molecular weight is 263 g/mol. The molecule has 0 aromatic carbocycles. The molecule has 0 saturated heterocycles. The third kappa shape index (κ3) is 4.80. The molecule has 1 heterocycles. The monoisotopic (exact) mass is 263 g/mol. The van der Waals surface area contributed by atoms with Crippen LogP contribution in [0.1, 0.15) is 32.8 Å². The van der Waals surface area contributed by atoms with Crippen LogP contribution < -0.4 is 11.1 Å². The molecular weight excluding hydrogens is 242 g/mol. The summed E-state index contributed by atoms with van der Waals surface area (Å²) in [6, 6.07) is 1.98. The van der Waals surface area contributed by atoms with Gasteiger partial charge >= 0.3 is 0 Å². The first-order valence-corrected chi connectivity index (χ1v) is 6.86. The standard InChI is InChI=1S/C14H21N3S/c1-14(2,3)8-5-6-9-17-13(16-4)11-7-10-18-12(11)15/h7,10H,6,9,15H2,1-4H3,(H,16,17). The van der Waals surface area contributed by atoms with E-state index in [-0.39, 0.29) is 5.41 Å². The molecule has 4 heteroatoms. The molecule has 0 amide bonds. The van der Waals surface area contributed by atoms with Crippen LogP contribution in [0.5, 0.6) is 0 Å². The van der Waals surface area contributed by atoms with Crippen molar-refractivity contribution in [3.05, 3.63) is 17.0 Å². The van der Waals surface area contributed by atoms with Gasteiger partial charge in [0.05, 0.1) is 10.6 Å². The van der Waals surface area contributed by atoms with Crippen LogP contribution in [0.2, 0.25) is 0 Å². The van der Waals surface area contributed by atoms with Crippen molar-refractivity contribution in [1.29, 1.82) is 0 Å². The average Bonchev–Trinajstić information content (AvgIpc) is 2.68. The normalized spacial score (nSPS) is 11.9. The Labute approximate surface area is 114 Å². The Morgan fingerprint density at radius 2 is 2.22 bits per heavy atom. The molecule has 0 radical (unpaired) electrons. The number of amidine groups is 1. The first-order chi connectivity index (χ1) is 8.44. The molecule has 1 aromatic heterocycles. The van der Waals surface area contributed by atoms with Crippen molar-refractivity contribution in [1.82, 2.24) is 5.32 Å². The van der Waals surface area contributed by atoms with Gasteiger partial charge in [-0.15, -0.1) is 17.3 Å². The maximum atomic E-state index is 5.87. The predicted octanol–water partition coefficient (Wildman–Crippen LogP) is 2.74. The van der Waals surface area contributed by atoms with Crippen LogP contribution in [0.25, 0.3) is 0 Å². The molecule has 0 bridgehead atoms.